The van der Waals surface area contributed by atoms with E-state index in [1.165, 1.54) is 0 Å². The molecule has 0 radical (unpaired) electrons. The second-order valence-corrected chi connectivity index (χ2v) is 5.97. The van der Waals surface area contributed by atoms with Gasteiger partial charge in [-0.15, -0.1) is 0 Å². The molecule has 0 aliphatic carbocycles. The Bertz CT molecular complexity index is 830. The fraction of sp³-hybridized carbons (Fsp3) is 0.0588. The molecule has 116 valence electrons. The fourth-order valence-electron chi connectivity index (χ4n) is 2.40. The number of hydrogen-bond acceptors (Lipinski definition) is 4. The Morgan fingerprint density at radius 2 is 1.35 bits per heavy atom. The average Bonchev–Trinajstić information content (AvgIpc) is 2.51. The molecular weight excluding hydrogens is 331 g/mol. The molecule has 0 amide bonds. The van der Waals surface area contributed by atoms with E-state index in [2.05, 4.69) is 9.97 Å². The van der Waals surface area contributed by atoms with Crippen molar-refractivity contribution in [3.05, 3.63) is 69.8 Å². The van der Waals surface area contributed by atoms with Crippen molar-refractivity contribution < 1.29 is 0 Å². The van der Waals surface area contributed by atoms with Gasteiger partial charge in [0.05, 0.1) is 5.69 Å². The standard InChI is InChI=1S/C17H14Cl2N4/c18-12-5-1-10(2-6-12)9-14-15(16(20)23-17(21)22-14)11-3-7-13(19)8-4-11/h1-8H,9H2,(H4,20,21,22,23). The highest BCUT2D eigenvalue weighted by atomic mass is 35.5. The Morgan fingerprint density at radius 1 is 0.783 bits per heavy atom. The number of rotatable bonds is 3. The summed E-state index contributed by atoms with van der Waals surface area (Å²) in [7, 11) is 0. The van der Waals surface area contributed by atoms with E-state index in [1.54, 1.807) is 12.1 Å². The van der Waals surface area contributed by atoms with E-state index in [0.717, 1.165) is 22.4 Å². The van der Waals surface area contributed by atoms with Crippen molar-refractivity contribution in [3.63, 3.8) is 0 Å². The minimum atomic E-state index is 0.157. The Kier molecular flexibility index (Phi) is 4.37. The molecule has 0 atom stereocenters. The van der Waals surface area contributed by atoms with E-state index in [0.29, 0.717) is 22.3 Å². The first-order valence-corrected chi connectivity index (χ1v) is 7.71. The molecule has 4 nitrogen and oxygen atoms in total. The highest BCUT2D eigenvalue weighted by molar-refractivity contribution is 6.30. The maximum atomic E-state index is 6.08. The van der Waals surface area contributed by atoms with Crippen LogP contribution in [0, 0.1) is 0 Å². The van der Waals surface area contributed by atoms with Crippen molar-refractivity contribution in [2.45, 2.75) is 6.42 Å². The molecule has 0 spiro atoms. The van der Waals surface area contributed by atoms with E-state index < -0.39 is 0 Å². The summed E-state index contributed by atoms with van der Waals surface area (Å²) >= 11 is 11.9. The Morgan fingerprint density at radius 3 is 1.96 bits per heavy atom. The van der Waals surface area contributed by atoms with Gasteiger partial charge in [-0.1, -0.05) is 47.5 Å². The van der Waals surface area contributed by atoms with Crippen LogP contribution in [0.3, 0.4) is 0 Å². The minimum absolute atomic E-state index is 0.157. The van der Waals surface area contributed by atoms with Crippen LogP contribution in [0.2, 0.25) is 10.0 Å². The summed E-state index contributed by atoms with van der Waals surface area (Å²) in [5.74, 6) is 0.507. The fourth-order valence-corrected chi connectivity index (χ4v) is 2.65. The molecule has 0 bridgehead atoms. The zero-order valence-electron chi connectivity index (χ0n) is 12.1. The van der Waals surface area contributed by atoms with Crippen molar-refractivity contribution in [1.29, 1.82) is 0 Å². The van der Waals surface area contributed by atoms with Gasteiger partial charge in [-0.3, -0.25) is 0 Å². The summed E-state index contributed by atoms with van der Waals surface area (Å²) in [5, 5.41) is 1.34. The van der Waals surface area contributed by atoms with Crippen LogP contribution in [0.5, 0.6) is 0 Å². The van der Waals surface area contributed by atoms with Crippen LogP contribution in [-0.2, 0) is 6.42 Å². The molecule has 0 aliphatic rings. The molecular formula is C17H14Cl2N4. The van der Waals surface area contributed by atoms with Gasteiger partial charge in [-0.25, -0.2) is 4.98 Å². The number of benzene rings is 2. The maximum absolute atomic E-state index is 6.08. The largest absolute Gasteiger partial charge is 0.383 e. The predicted octanol–water partition coefficient (Wildman–Crippen LogP) is 4.21. The Labute approximate surface area is 144 Å². The molecule has 23 heavy (non-hydrogen) atoms. The zero-order chi connectivity index (χ0) is 16.4. The SMILES string of the molecule is Nc1nc(N)c(-c2ccc(Cl)cc2)c(Cc2ccc(Cl)cc2)n1. The Balaban J connectivity index is 2.08. The van der Waals surface area contributed by atoms with Gasteiger partial charge in [0.15, 0.2) is 0 Å². The van der Waals surface area contributed by atoms with E-state index in [4.69, 9.17) is 34.7 Å². The van der Waals surface area contributed by atoms with Crippen molar-refractivity contribution in [2.75, 3.05) is 11.5 Å². The number of hydrogen-bond donors (Lipinski definition) is 2. The zero-order valence-corrected chi connectivity index (χ0v) is 13.6. The molecule has 0 saturated heterocycles. The van der Waals surface area contributed by atoms with Crippen molar-refractivity contribution in [1.82, 2.24) is 9.97 Å². The first-order chi connectivity index (χ1) is 11.0. The quantitative estimate of drug-likeness (QED) is 0.746. The molecule has 1 heterocycles. The lowest BCUT2D eigenvalue weighted by atomic mass is 10.00. The first-order valence-electron chi connectivity index (χ1n) is 6.95. The highest BCUT2D eigenvalue weighted by Crippen LogP contribution is 2.30. The lowest BCUT2D eigenvalue weighted by molar-refractivity contribution is 1.05. The normalized spacial score (nSPS) is 10.7. The number of nitrogen functional groups attached to an aromatic ring is 2. The van der Waals surface area contributed by atoms with E-state index >= 15 is 0 Å². The van der Waals surface area contributed by atoms with Gasteiger partial charge >= 0.3 is 0 Å². The molecule has 0 fully saturated rings. The van der Waals surface area contributed by atoms with Crippen molar-refractivity contribution in [3.8, 4) is 11.1 Å². The lowest BCUT2D eigenvalue weighted by Crippen LogP contribution is -2.07. The third-order valence-electron chi connectivity index (χ3n) is 3.45. The van der Waals surface area contributed by atoms with Crippen LogP contribution in [0.25, 0.3) is 11.1 Å². The third kappa shape index (κ3) is 3.55. The topological polar surface area (TPSA) is 77.8 Å². The number of anilines is 2. The van der Waals surface area contributed by atoms with Crippen LogP contribution in [0.15, 0.2) is 48.5 Å². The number of nitrogens with two attached hydrogens (primary N) is 2. The van der Waals surface area contributed by atoms with E-state index in [9.17, 15) is 0 Å². The molecule has 1 aromatic heterocycles. The molecule has 4 N–H and O–H groups in total. The summed E-state index contributed by atoms with van der Waals surface area (Å²) in [5.41, 5.74) is 15.3. The smallest absolute Gasteiger partial charge is 0.222 e. The number of nitrogens with zero attached hydrogens (tertiary/aromatic N) is 2. The van der Waals surface area contributed by atoms with Crippen molar-refractivity contribution in [2.24, 2.45) is 0 Å². The van der Waals surface area contributed by atoms with E-state index in [1.807, 2.05) is 36.4 Å². The van der Waals surface area contributed by atoms with Crippen LogP contribution in [0.4, 0.5) is 11.8 Å². The molecule has 3 aromatic rings. The second kappa shape index (κ2) is 6.44. The molecule has 2 aromatic carbocycles. The van der Waals surface area contributed by atoms with Gasteiger partial charge in [0.1, 0.15) is 5.82 Å². The lowest BCUT2D eigenvalue weighted by Gasteiger charge is -2.12. The summed E-state index contributed by atoms with van der Waals surface area (Å²) in [4.78, 5) is 8.45. The monoisotopic (exact) mass is 344 g/mol. The highest BCUT2D eigenvalue weighted by Gasteiger charge is 2.14. The summed E-state index contributed by atoms with van der Waals surface area (Å²) < 4.78 is 0. The summed E-state index contributed by atoms with van der Waals surface area (Å²) in [6.45, 7) is 0. The minimum Gasteiger partial charge on any atom is -0.383 e. The van der Waals surface area contributed by atoms with Gasteiger partial charge in [-0.2, -0.15) is 4.98 Å². The third-order valence-corrected chi connectivity index (χ3v) is 3.95. The summed E-state index contributed by atoms with van der Waals surface area (Å²) in [6.07, 6.45) is 0.575. The molecule has 3 rings (SSSR count). The molecule has 6 heteroatoms. The van der Waals surface area contributed by atoms with Gasteiger partial charge in [0, 0.05) is 22.0 Å². The number of halogens is 2. The number of aromatic nitrogens is 2. The van der Waals surface area contributed by atoms with Crippen molar-refractivity contribution >= 4 is 35.0 Å². The van der Waals surface area contributed by atoms with Gasteiger partial charge < -0.3 is 11.5 Å². The summed E-state index contributed by atoms with van der Waals surface area (Å²) in [6, 6.07) is 15.0. The van der Waals surface area contributed by atoms with Gasteiger partial charge in [0.25, 0.3) is 0 Å². The molecule has 0 saturated carbocycles. The second-order valence-electron chi connectivity index (χ2n) is 5.10. The molecule has 0 unspecified atom stereocenters. The maximum Gasteiger partial charge on any atom is 0.222 e. The van der Waals surface area contributed by atoms with Gasteiger partial charge in [-0.05, 0) is 35.4 Å². The predicted molar refractivity (Wildman–Crippen MR) is 95.6 cm³/mol. The van der Waals surface area contributed by atoms with Gasteiger partial charge in [0.2, 0.25) is 5.95 Å². The van der Waals surface area contributed by atoms with Crippen LogP contribution in [-0.4, -0.2) is 9.97 Å². The average molecular weight is 345 g/mol. The van der Waals surface area contributed by atoms with Crippen LogP contribution >= 0.6 is 23.2 Å². The van der Waals surface area contributed by atoms with Crippen LogP contribution < -0.4 is 11.5 Å². The Hall–Kier alpha value is -2.30. The van der Waals surface area contributed by atoms with E-state index in [-0.39, 0.29) is 5.95 Å². The first kappa shape index (κ1) is 15.6. The molecule has 0 aliphatic heterocycles. The van der Waals surface area contributed by atoms with Crippen LogP contribution in [0.1, 0.15) is 11.3 Å².